The number of carboxylic acid groups (broad SMARTS) is 2. The summed E-state index contributed by atoms with van der Waals surface area (Å²) < 4.78 is 4.76. The molecule has 2 aromatic rings. The van der Waals surface area contributed by atoms with Crippen LogP contribution < -0.4 is 22.5 Å². The third kappa shape index (κ3) is 24.2. The van der Waals surface area contributed by atoms with E-state index in [2.05, 4.69) is 12.4 Å². The van der Waals surface area contributed by atoms with E-state index >= 15 is 0 Å². The number of nitrogens with zero attached hydrogens (tertiary/aromatic N) is 1. The number of amides is 1. The molecule has 2 aromatic carbocycles. The van der Waals surface area contributed by atoms with Gasteiger partial charge in [0.2, 0.25) is 0 Å². The third-order valence-electron chi connectivity index (χ3n) is 6.60. The maximum atomic E-state index is 12.1. The number of unbranched alkanes of at least 4 members (excludes halogenated alkanes) is 8. The Morgan fingerprint density at radius 1 is 0.745 bits per heavy atom. The highest BCUT2D eigenvalue weighted by molar-refractivity contribution is 6.68. The van der Waals surface area contributed by atoms with Crippen LogP contribution in [0, 0.1) is 0 Å². The second-order valence-corrected chi connectivity index (χ2v) is 11.0. The summed E-state index contributed by atoms with van der Waals surface area (Å²) in [4.78, 5) is 55.6. The Labute approximate surface area is 289 Å². The van der Waals surface area contributed by atoms with E-state index in [1.165, 1.54) is 50.9 Å². The number of para-hydroxylation sites is 2. The number of hydrogen-bond acceptors (Lipinski definition) is 7. The number of benzene rings is 2. The molecule has 0 atom stereocenters. The van der Waals surface area contributed by atoms with Crippen molar-refractivity contribution in [2.24, 2.45) is 0 Å². The molecule has 0 radical (unpaired) electrons. The van der Waals surface area contributed by atoms with Gasteiger partial charge in [-0.1, -0.05) is 56.4 Å². The molecule has 0 bridgehead atoms. The molecule has 0 saturated carbocycles. The van der Waals surface area contributed by atoms with Crippen molar-refractivity contribution in [3.8, 4) is 11.5 Å². The van der Waals surface area contributed by atoms with Gasteiger partial charge in [0, 0.05) is 33.4 Å². The highest BCUT2D eigenvalue weighted by Gasteiger charge is 2.14. The predicted molar refractivity (Wildman–Crippen MR) is 176 cm³/mol. The van der Waals surface area contributed by atoms with Crippen LogP contribution in [0.5, 0.6) is 11.5 Å². The molecule has 0 unspecified atom stereocenters. The number of esters is 1. The van der Waals surface area contributed by atoms with Crippen LogP contribution in [-0.2, 0) is 14.4 Å². The molecule has 0 aliphatic rings. The molecule has 0 saturated heterocycles. The van der Waals surface area contributed by atoms with Gasteiger partial charge in [-0.15, -0.1) is 0 Å². The van der Waals surface area contributed by atoms with Gasteiger partial charge in [0.15, 0.2) is 0 Å². The lowest BCUT2D eigenvalue weighted by atomic mass is 10.1. The molecule has 0 aliphatic carbocycles. The normalized spacial score (nSPS) is 9.79. The minimum Gasteiger partial charge on any atom is -1.00 e. The zero-order valence-corrected chi connectivity index (χ0v) is 29.1. The minimum absolute atomic E-state index is 0. The van der Waals surface area contributed by atoms with Crippen molar-refractivity contribution in [2.75, 3.05) is 27.2 Å². The van der Waals surface area contributed by atoms with Gasteiger partial charge in [0.25, 0.3) is 11.1 Å². The molecule has 0 heterocycles. The van der Waals surface area contributed by atoms with Crippen molar-refractivity contribution in [3.63, 3.8) is 0 Å². The topological polar surface area (TPSA) is 175 Å². The first-order chi connectivity index (χ1) is 21.9. The van der Waals surface area contributed by atoms with Gasteiger partial charge in [-0.25, -0.2) is 0 Å². The summed E-state index contributed by atoms with van der Waals surface area (Å²) in [5.74, 6) is -1.89. The second-order valence-electron chi connectivity index (χ2n) is 10.6. The van der Waals surface area contributed by atoms with Crippen LogP contribution in [0.15, 0.2) is 48.5 Å². The Hall–Kier alpha value is -3.67. The van der Waals surface area contributed by atoms with E-state index in [1.54, 1.807) is 42.3 Å². The first-order valence-electron chi connectivity index (χ1n) is 15.6. The first-order valence-corrected chi connectivity index (χ1v) is 16.0. The number of rotatable bonds is 19. The fourth-order valence-corrected chi connectivity index (χ4v) is 4.30. The lowest BCUT2D eigenvalue weighted by Crippen LogP contribution is -3.00. The maximum absolute atomic E-state index is 12.1. The van der Waals surface area contributed by atoms with Gasteiger partial charge in [-0.3, -0.25) is 24.0 Å². The van der Waals surface area contributed by atoms with Crippen molar-refractivity contribution in [1.82, 2.24) is 4.90 Å². The number of carbonyl (C=O) groups is 5. The number of nitrogens with two attached hydrogens (primary N) is 1. The number of hydrogen-bond donors (Lipinski definition) is 4. The Morgan fingerprint density at radius 3 is 1.70 bits per heavy atom. The number of phenolic OH excluding ortho intramolecular Hbond substituents is 1. The van der Waals surface area contributed by atoms with Crippen molar-refractivity contribution in [1.29, 1.82) is 0 Å². The van der Waals surface area contributed by atoms with Gasteiger partial charge in [-0.05, 0) is 68.0 Å². The zero-order chi connectivity index (χ0) is 34.7. The Kier molecular flexibility index (Phi) is 27.6. The summed E-state index contributed by atoms with van der Waals surface area (Å²) in [6, 6.07) is 12.8. The lowest BCUT2D eigenvalue weighted by molar-refractivity contribution is -0.627. The smallest absolute Gasteiger partial charge is 0.308 e. The molecule has 11 nitrogen and oxygen atoms in total. The van der Waals surface area contributed by atoms with Crippen LogP contribution in [-0.4, -0.2) is 76.5 Å². The number of ether oxygens (including phenoxy) is 1. The highest BCUT2D eigenvalue weighted by Crippen LogP contribution is 2.20. The van der Waals surface area contributed by atoms with E-state index in [0.717, 1.165) is 38.5 Å². The average molecular weight is 702 g/mol. The van der Waals surface area contributed by atoms with Crippen LogP contribution >= 0.6 is 11.6 Å². The summed E-state index contributed by atoms with van der Waals surface area (Å²) in [5.41, 5.74) is 0.515. The monoisotopic (exact) mass is 700 g/mol. The molecule has 1 amide bonds. The minimum atomic E-state index is -0.747. The van der Waals surface area contributed by atoms with Crippen molar-refractivity contribution in [2.45, 2.75) is 84.0 Å². The van der Waals surface area contributed by atoms with Crippen molar-refractivity contribution in [3.05, 3.63) is 59.7 Å². The summed E-state index contributed by atoms with van der Waals surface area (Å²) in [7, 11) is 3.80. The second kappa shape index (κ2) is 28.5. The summed E-state index contributed by atoms with van der Waals surface area (Å²) in [5, 5.41) is 28.0. The largest absolute Gasteiger partial charge is 1.00 e. The van der Waals surface area contributed by atoms with Crippen LogP contribution in [0.4, 0.5) is 0 Å². The summed E-state index contributed by atoms with van der Waals surface area (Å²) in [6.45, 7) is 3.08. The third-order valence-corrected chi connectivity index (χ3v) is 6.80. The van der Waals surface area contributed by atoms with E-state index in [9.17, 15) is 29.1 Å². The SMILES string of the molecule is CC(=O)Oc1ccccc1C(=O)Cl.CN(CCCCCCCC(=O)O)C(=O)c1ccccc1O.C[NH2+]CCCCCCCC(=O)O.[Cl-]. The molecule has 47 heavy (non-hydrogen) atoms. The number of halogens is 2. The van der Waals surface area contributed by atoms with Gasteiger partial charge in [0.05, 0.1) is 24.7 Å². The molecule has 5 N–H and O–H groups in total. The van der Waals surface area contributed by atoms with Crippen LogP contribution in [0.2, 0.25) is 0 Å². The molecule has 0 aromatic heterocycles. The maximum Gasteiger partial charge on any atom is 0.308 e. The molecular formula is C34H50Cl2N2O9. The highest BCUT2D eigenvalue weighted by atomic mass is 35.5. The zero-order valence-electron chi connectivity index (χ0n) is 27.6. The molecule has 2 rings (SSSR count). The van der Waals surface area contributed by atoms with Gasteiger partial charge < -0.3 is 42.7 Å². The molecule has 0 aliphatic heterocycles. The first kappa shape index (κ1) is 45.5. The van der Waals surface area contributed by atoms with Crippen LogP contribution in [0.25, 0.3) is 0 Å². The van der Waals surface area contributed by atoms with Crippen molar-refractivity contribution >= 4 is 40.7 Å². The number of quaternary nitrogens is 1. The fourth-order valence-electron chi connectivity index (χ4n) is 4.15. The van der Waals surface area contributed by atoms with E-state index in [4.69, 9.17) is 26.6 Å². The van der Waals surface area contributed by atoms with Gasteiger partial charge in [-0.2, -0.15) is 0 Å². The molecule has 13 heteroatoms. The lowest BCUT2D eigenvalue weighted by Gasteiger charge is -2.17. The number of phenols is 1. The Morgan fingerprint density at radius 2 is 1.21 bits per heavy atom. The number of aromatic hydroxyl groups is 1. The molecular weight excluding hydrogens is 651 g/mol. The number of carbonyl (C=O) groups excluding carboxylic acids is 3. The molecule has 264 valence electrons. The Balaban J connectivity index is 0. The van der Waals surface area contributed by atoms with Gasteiger partial charge in [0.1, 0.15) is 11.5 Å². The van der Waals surface area contributed by atoms with Crippen LogP contribution in [0.1, 0.15) is 105 Å². The summed E-state index contributed by atoms with van der Waals surface area (Å²) >= 11 is 5.26. The predicted octanol–water partition coefficient (Wildman–Crippen LogP) is 2.49. The molecule has 0 spiro atoms. The summed E-state index contributed by atoms with van der Waals surface area (Å²) in [6.07, 6.45) is 10.6. The average Bonchev–Trinajstić information content (AvgIpc) is 3.00. The number of aliphatic carboxylic acids is 2. The van der Waals surface area contributed by atoms with Crippen molar-refractivity contribution < 1.29 is 61.8 Å². The standard InChI is InChI=1S/C16H23NO4.C9H7ClO3.C9H19NO2.ClH/c1-17(12-8-4-2-3-5-11-15(19)20)16(21)13-9-6-7-10-14(13)18;1-6(11)13-8-5-3-2-4-7(8)9(10)12;1-10-8-6-4-2-3-5-7-9(11)12;/h6-7,9-10,18H,2-5,8,11-12H2,1H3,(H,19,20);2-5H,1H3;10H,2-8H2,1H3,(H,11,12);1H. The van der Waals surface area contributed by atoms with Gasteiger partial charge >= 0.3 is 17.9 Å². The van der Waals surface area contributed by atoms with E-state index in [0.29, 0.717) is 24.9 Å². The van der Waals surface area contributed by atoms with E-state index in [-0.39, 0.29) is 41.8 Å². The number of carboxylic acids is 2. The Bertz CT molecular complexity index is 1210. The molecule has 0 fully saturated rings. The van der Waals surface area contributed by atoms with E-state index < -0.39 is 23.2 Å². The quantitative estimate of drug-likeness (QED) is 0.0743. The van der Waals surface area contributed by atoms with Crippen LogP contribution in [0.3, 0.4) is 0 Å². The van der Waals surface area contributed by atoms with E-state index in [1.807, 2.05) is 0 Å². The fraction of sp³-hybridized carbons (Fsp3) is 0.500.